The molecule has 4 aromatic rings. The summed E-state index contributed by atoms with van der Waals surface area (Å²) in [4.78, 5) is 4.51. The number of hydrogen-bond donors (Lipinski definition) is 4. The van der Waals surface area contributed by atoms with Gasteiger partial charge in [0.25, 0.3) is 0 Å². The van der Waals surface area contributed by atoms with Crippen molar-refractivity contribution in [2.75, 3.05) is 10.6 Å². The quantitative estimate of drug-likeness (QED) is 0.169. The highest BCUT2D eigenvalue weighted by Gasteiger charge is 2.38. The van der Waals surface area contributed by atoms with E-state index in [0.29, 0.717) is 55.4 Å². The van der Waals surface area contributed by atoms with E-state index in [-0.39, 0.29) is 11.9 Å². The Hall–Kier alpha value is -4.17. The molecule has 1 aliphatic heterocycles. The maximum absolute atomic E-state index is 14.0. The van der Waals surface area contributed by atoms with Crippen molar-refractivity contribution in [3.05, 3.63) is 99.7 Å². The van der Waals surface area contributed by atoms with Crippen LogP contribution in [0.1, 0.15) is 36.8 Å². The summed E-state index contributed by atoms with van der Waals surface area (Å²) in [5.74, 6) is 0.222. The molecule has 12 heteroatoms. The second-order valence-electron chi connectivity index (χ2n) is 11.2. The minimum atomic E-state index is -0.812. The van der Waals surface area contributed by atoms with Crippen LogP contribution in [0.4, 0.5) is 21.5 Å². The summed E-state index contributed by atoms with van der Waals surface area (Å²) in [7, 11) is 2.02. The molecule has 0 radical (unpaired) electrons. The Labute approximate surface area is 259 Å². The Morgan fingerprint density at radius 2 is 1.88 bits per heavy atom. The molecular formula is C31H27BCl2FN7O. The van der Waals surface area contributed by atoms with Gasteiger partial charge < -0.3 is 20.8 Å². The molecule has 3 aliphatic rings. The van der Waals surface area contributed by atoms with Crippen molar-refractivity contribution in [1.29, 1.82) is 5.26 Å². The molecule has 2 saturated carbocycles. The Morgan fingerprint density at radius 1 is 1.09 bits per heavy atom. The van der Waals surface area contributed by atoms with E-state index in [1.54, 1.807) is 24.3 Å². The molecule has 3 aromatic carbocycles. The Morgan fingerprint density at radius 3 is 2.60 bits per heavy atom. The topological polar surface area (TPSA) is 97.3 Å². The number of aromatic nitrogens is 1. The lowest BCUT2D eigenvalue weighted by atomic mass is 9.69. The summed E-state index contributed by atoms with van der Waals surface area (Å²) in [6, 6.07) is 18.3. The van der Waals surface area contributed by atoms with E-state index in [0.717, 1.165) is 36.9 Å². The average Bonchev–Trinajstić information content (AvgIpc) is 3.94. The van der Waals surface area contributed by atoms with E-state index in [9.17, 15) is 9.65 Å². The molecule has 8 nitrogen and oxygen atoms in total. The second-order valence-corrected chi connectivity index (χ2v) is 12.1. The Balaban J connectivity index is 1.32. The first kappa shape index (κ1) is 27.7. The number of fused-ring (bicyclic) bond motifs is 1. The highest BCUT2D eigenvalue weighted by atomic mass is 35.5. The maximum Gasteiger partial charge on any atom is 0.161 e. The molecule has 0 bridgehead atoms. The van der Waals surface area contributed by atoms with E-state index in [1.165, 1.54) is 18.3 Å². The minimum absolute atomic E-state index is 0.128. The second kappa shape index (κ2) is 10.8. The third-order valence-corrected chi connectivity index (χ3v) is 8.55. The number of hydrogen-bond acceptors (Lipinski definition) is 8. The fourth-order valence-corrected chi connectivity index (χ4v) is 5.75. The van der Waals surface area contributed by atoms with Crippen LogP contribution in [-0.2, 0) is 5.44 Å². The molecule has 2 fully saturated rings. The van der Waals surface area contributed by atoms with Crippen LogP contribution in [0.15, 0.2) is 72.7 Å². The van der Waals surface area contributed by atoms with E-state index >= 15 is 0 Å². The van der Waals surface area contributed by atoms with E-state index < -0.39 is 5.44 Å². The molecule has 2 aliphatic carbocycles. The summed E-state index contributed by atoms with van der Waals surface area (Å²) in [5.41, 5.74) is 10.1. The number of halogens is 3. The van der Waals surface area contributed by atoms with Crippen LogP contribution in [0.2, 0.25) is 10.0 Å². The summed E-state index contributed by atoms with van der Waals surface area (Å²) < 4.78 is 20.1. The third-order valence-electron chi connectivity index (χ3n) is 7.96. The van der Waals surface area contributed by atoms with Gasteiger partial charge in [-0.25, -0.2) is 4.39 Å². The van der Waals surface area contributed by atoms with Gasteiger partial charge in [0.1, 0.15) is 19.7 Å². The number of rotatable bonds is 9. The smallest absolute Gasteiger partial charge is 0.161 e. The first-order valence-corrected chi connectivity index (χ1v) is 14.9. The van der Waals surface area contributed by atoms with Crippen molar-refractivity contribution >= 4 is 59.0 Å². The van der Waals surface area contributed by atoms with Crippen molar-refractivity contribution in [2.45, 2.75) is 43.3 Å². The van der Waals surface area contributed by atoms with Gasteiger partial charge in [0.2, 0.25) is 0 Å². The standard InChI is InChI=1S/C31H27BCl2FN7O/c32-31(18-4-6-19(35)7-5-18,27-16-42(41-40-27)21-8-9-21)39-20-12-23-28(17(14-36)15-37-29(23)25(34)13-20)38-26-3-1-2-24(33)30(26)43-22-10-11-22/h1-7,12-13,15-16,21-22,39-41H,8-11,32H2,(H,37,38). The molecule has 0 amide bonds. The zero-order valence-corrected chi connectivity index (χ0v) is 24.7. The van der Waals surface area contributed by atoms with Gasteiger partial charge in [0, 0.05) is 29.5 Å². The fourth-order valence-electron chi connectivity index (χ4n) is 5.26. The van der Waals surface area contributed by atoms with E-state index in [4.69, 9.17) is 27.9 Å². The highest BCUT2D eigenvalue weighted by Crippen LogP contribution is 2.42. The first-order valence-electron chi connectivity index (χ1n) is 14.1. The van der Waals surface area contributed by atoms with Crippen molar-refractivity contribution < 1.29 is 9.13 Å². The van der Waals surface area contributed by atoms with Crippen LogP contribution in [0, 0.1) is 17.1 Å². The Bertz CT molecular complexity index is 1810. The average molecular weight is 614 g/mol. The van der Waals surface area contributed by atoms with Crippen molar-refractivity contribution in [3.8, 4) is 11.8 Å². The lowest BCUT2D eigenvalue weighted by Gasteiger charge is -2.34. The maximum atomic E-state index is 14.0. The molecule has 0 saturated heterocycles. The first-order chi connectivity index (χ1) is 20.8. The van der Waals surface area contributed by atoms with Crippen LogP contribution in [-0.4, -0.2) is 30.0 Å². The molecule has 2 heterocycles. The van der Waals surface area contributed by atoms with Crippen LogP contribution in [0.25, 0.3) is 10.9 Å². The van der Waals surface area contributed by atoms with Crippen LogP contribution in [0.5, 0.6) is 5.75 Å². The van der Waals surface area contributed by atoms with Crippen LogP contribution in [0.3, 0.4) is 0 Å². The van der Waals surface area contributed by atoms with Gasteiger partial charge in [-0.05, 0) is 67.6 Å². The number of hydrazine groups is 2. The van der Waals surface area contributed by atoms with Crippen molar-refractivity contribution in [3.63, 3.8) is 0 Å². The molecule has 1 atom stereocenters. The zero-order chi connectivity index (χ0) is 29.7. The Kier molecular flexibility index (Phi) is 6.97. The van der Waals surface area contributed by atoms with Gasteiger partial charge in [-0.15, -0.1) is 5.53 Å². The van der Waals surface area contributed by atoms with E-state index in [1.807, 2.05) is 32.2 Å². The molecule has 43 heavy (non-hydrogen) atoms. The lowest BCUT2D eigenvalue weighted by Crippen LogP contribution is -2.45. The number of benzene rings is 3. The number of anilines is 3. The van der Waals surface area contributed by atoms with Gasteiger partial charge >= 0.3 is 0 Å². The SMILES string of the molecule is BC(Nc1cc(Cl)c2ncc(C#N)c(Nc3cccc(Cl)c3OC3CC3)c2c1)(C1=CN(C2CC2)NN1)c1ccc(F)cc1. The monoisotopic (exact) mass is 613 g/mol. The van der Waals surface area contributed by atoms with Gasteiger partial charge in [0.05, 0.1) is 49.7 Å². The zero-order valence-electron chi connectivity index (χ0n) is 23.2. The number of nitrogens with one attached hydrogen (secondary N) is 4. The van der Waals surface area contributed by atoms with Gasteiger partial charge in [-0.3, -0.25) is 9.99 Å². The summed E-state index contributed by atoms with van der Waals surface area (Å²) in [6.07, 6.45) is 7.85. The van der Waals surface area contributed by atoms with Crippen LogP contribution < -0.4 is 26.3 Å². The van der Waals surface area contributed by atoms with Gasteiger partial charge in [0.15, 0.2) is 5.75 Å². The summed E-state index contributed by atoms with van der Waals surface area (Å²) in [6.45, 7) is 0. The number of nitrogens with zero attached hydrogens (tertiary/aromatic N) is 3. The summed E-state index contributed by atoms with van der Waals surface area (Å²) >= 11 is 13.4. The number of nitriles is 1. The molecule has 1 aromatic heterocycles. The third kappa shape index (κ3) is 5.40. The summed E-state index contributed by atoms with van der Waals surface area (Å²) in [5, 5.41) is 20.7. The van der Waals surface area contributed by atoms with Gasteiger partial charge in [-0.1, -0.05) is 41.4 Å². The highest BCUT2D eigenvalue weighted by molar-refractivity contribution is 6.36. The number of para-hydroxylation sites is 1. The molecule has 1 unspecified atom stereocenters. The van der Waals surface area contributed by atoms with Crippen molar-refractivity contribution in [1.82, 2.24) is 21.0 Å². The molecule has 216 valence electrons. The predicted molar refractivity (Wildman–Crippen MR) is 169 cm³/mol. The predicted octanol–water partition coefficient (Wildman–Crippen LogP) is 6.06. The number of pyridine rings is 1. The normalized spacial score (nSPS) is 17.5. The molecular weight excluding hydrogens is 587 g/mol. The molecule has 0 spiro atoms. The van der Waals surface area contributed by atoms with Crippen LogP contribution >= 0.6 is 23.2 Å². The molecule has 4 N–H and O–H groups in total. The molecule has 7 rings (SSSR count). The lowest BCUT2D eigenvalue weighted by molar-refractivity contribution is 0.260. The number of ether oxygens (including phenoxy) is 1. The van der Waals surface area contributed by atoms with Gasteiger partial charge in [-0.2, -0.15) is 5.26 Å². The van der Waals surface area contributed by atoms with Crippen molar-refractivity contribution in [2.24, 2.45) is 0 Å². The largest absolute Gasteiger partial charge is 0.487 e. The minimum Gasteiger partial charge on any atom is -0.487 e. The van der Waals surface area contributed by atoms with E-state index in [2.05, 4.69) is 37.7 Å². The fraction of sp³-hybridized carbons (Fsp3) is 0.226.